The second-order valence-corrected chi connectivity index (χ2v) is 5.17. The molecule has 2 N–H and O–H groups in total. The van der Waals surface area contributed by atoms with Gasteiger partial charge in [0.05, 0.1) is 11.4 Å². The van der Waals surface area contributed by atoms with E-state index in [0.717, 1.165) is 22.2 Å². The summed E-state index contributed by atoms with van der Waals surface area (Å²) in [5.74, 6) is 1.52. The minimum Gasteiger partial charge on any atom is -0.395 e. The normalized spacial score (nSPS) is 11.3. The SMILES string of the molecule is CCCCSc1c(N)c(C(C)C)nn1C. The number of aromatic nitrogens is 2. The Hall–Kier alpha value is -0.640. The lowest BCUT2D eigenvalue weighted by molar-refractivity contribution is 0.670. The van der Waals surface area contributed by atoms with E-state index in [-0.39, 0.29) is 0 Å². The number of nitrogens with zero attached hydrogens (tertiary/aromatic N) is 2. The lowest BCUT2D eigenvalue weighted by Crippen LogP contribution is -1.94. The average Bonchev–Trinajstić information content (AvgIpc) is 2.45. The first-order valence-corrected chi connectivity index (χ1v) is 6.51. The number of thioether (sulfide) groups is 1. The number of nitrogens with two attached hydrogens (primary N) is 1. The van der Waals surface area contributed by atoms with Crippen molar-refractivity contribution < 1.29 is 0 Å². The summed E-state index contributed by atoms with van der Waals surface area (Å²) >= 11 is 1.81. The molecule has 0 atom stereocenters. The molecule has 0 amide bonds. The summed E-state index contributed by atoms with van der Waals surface area (Å²) in [5, 5.41) is 5.58. The number of aryl methyl sites for hydroxylation is 1. The molecule has 4 heteroatoms. The van der Waals surface area contributed by atoms with Crippen LogP contribution in [-0.2, 0) is 7.05 Å². The molecule has 0 bridgehead atoms. The molecule has 1 aromatic heterocycles. The summed E-state index contributed by atoms with van der Waals surface area (Å²) in [6.07, 6.45) is 2.45. The fourth-order valence-electron chi connectivity index (χ4n) is 1.46. The quantitative estimate of drug-likeness (QED) is 0.621. The van der Waals surface area contributed by atoms with Gasteiger partial charge in [-0.15, -0.1) is 11.8 Å². The van der Waals surface area contributed by atoms with Crippen molar-refractivity contribution in [3.8, 4) is 0 Å². The first kappa shape index (κ1) is 12.4. The summed E-state index contributed by atoms with van der Waals surface area (Å²) in [7, 11) is 1.97. The maximum Gasteiger partial charge on any atom is 0.117 e. The molecule has 0 unspecified atom stereocenters. The van der Waals surface area contributed by atoms with E-state index < -0.39 is 0 Å². The van der Waals surface area contributed by atoms with E-state index in [0.29, 0.717) is 5.92 Å². The highest BCUT2D eigenvalue weighted by Crippen LogP contribution is 2.31. The summed E-state index contributed by atoms with van der Waals surface area (Å²) in [4.78, 5) is 0. The van der Waals surface area contributed by atoms with Crippen molar-refractivity contribution in [2.24, 2.45) is 7.05 Å². The van der Waals surface area contributed by atoms with Gasteiger partial charge in [-0.2, -0.15) is 5.10 Å². The van der Waals surface area contributed by atoms with E-state index >= 15 is 0 Å². The summed E-state index contributed by atoms with van der Waals surface area (Å²) in [6, 6.07) is 0. The van der Waals surface area contributed by atoms with Crippen LogP contribution in [0.3, 0.4) is 0 Å². The van der Waals surface area contributed by atoms with E-state index in [9.17, 15) is 0 Å². The predicted octanol–water partition coefficient (Wildman–Crippen LogP) is 3.02. The van der Waals surface area contributed by atoms with Gasteiger partial charge < -0.3 is 5.73 Å². The number of hydrogen-bond acceptors (Lipinski definition) is 3. The van der Waals surface area contributed by atoms with Crippen molar-refractivity contribution >= 4 is 17.4 Å². The third-order valence-electron chi connectivity index (χ3n) is 2.34. The van der Waals surface area contributed by atoms with Crippen LogP contribution < -0.4 is 5.73 Å². The lowest BCUT2D eigenvalue weighted by atomic mass is 10.1. The average molecular weight is 227 g/mol. The van der Waals surface area contributed by atoms with E-state index in [1.165, 1.54) is 12.8 Å². The molecule has 0 aromatic carbocycles. The predicted molar refractivity (Wildman–Crippen MR) is 67.3 cm³/mol. The first-order chi connectivity index (χ1) is 7.07. The molecule has 0 saturated heterocycles. The highest BCUT2D eigenvalue weighted by atomic mass is 32.2. The number of hydrogen-bond donors (Lipinski definition) is 1. The molecule has 1 aromatic rings. The Bertz CT molecular complexity index is 318. The Morgan fingerprint density at radius 2 is 2.13 bits per heavy atom. The summed E-state index contributed by atoms with van der Waals surface area (Å²) in [6.45, 7) is 6.45. The van der Waals surface area contributed by atoms with E-state index in [1.807, 2.05) is 23.5 Å². The van der Waals surface area contributed by atoms with Gasteiger partial charge in [0, 0.05) is 7.05 Å². The van der Waals surface area contributed by atoms with Gasteiger partial charge >= 0.3 is 0 Å². The molecule has 0 spiro atoms. The first-order valence-electron chi connectivity index (χ1n) is 5.53. The maximum absolute atomic E-state index is 6.08. The van der Waals surface area contributed by atoms with Gasteiger partial charge in [-0.05, 0) is 18.1 Å². The van der Waals surface area contributed by atoms with Gasteiger partial charge in [0.2, 0.25) is 0 Å². The van der Waals surface area contributed by atoms with Crippen LogP contribution in [0.2, 0.25) is 0 Å². The van der Waals surface area contributed by atoms with Crippen molar-refractivity contribution in [1.29, 1.82) is 0 Å². The standard InChI is InChI=1S/C11H21N3S/c1-5-6-7-15-11-9(12)10(8(2)3)13-14(11)4/h8H,5-7,12H2,1-4H3. The third-order valence-corrected chi connectivity index (χ3v) is 3.59. The zero-order valence-electron chi connectivity index (χ0n) is 10.1. The van der Waals surface area contributed by atoms with Crippen molar-refractivity contribution in [3.63, 3.8) is 0 Å². The van der Waals surface area contributed by atoms with E-state index in [1.54, 1.807) is 0 Å². The molecule has 3 nitrogen and oxygen atoms in total. The maximum atomic E-state index is 6.08. The van der Waals surface area contributed by atoms with E-state index in [4.69, 9.17) is 5.73 Å². The number of unbranched alkanes of at least 4 members (excludes halogenated alkanes) is 1. The fraction of sp³-hybridized carbons (Fsp3) is 0.727. The molecule has 86 valence electrons. The molecule has 1 heterocycles. The van der Waals surface area contributed by atoms with Gasteiger partial charge in [-0.1, -0.05) is 27.2 Å². The topological polar surface area (TPSA) is 43.8 Å². The zero-order chi connectivity index (χ0) is 11.4. The minimum atomic E-state index is 0.400. The van der Waals surface area contributed by atoms with Crippen molar-refractivity contribution in [1.82, 2.24) is 9.78 Å². The van der Waals surface area contributed by atoms with Gasteiger partial charge in [0.15, 0.2) is 0 Å². The van der Waals surface area contributed by atoms with Crippen LogP contribution in [0.1, 0.15) is 45.2 Å². The van der Waals surface area contributed by atoms with Crippen LogP contribution in [0.5, 0.6) is 0 Å². The van der Waals surface area contributed by atoms with Crippen LogP contribution in [0.15, 0.2) is 5.03 Å². The molecule has 1 rings (SSSR count). The highest BCUT2D eigenvalue weighted by molar-refractivity contribution is 7.99. The zero-order valence-corrected chi connectivity index (χ0v) is 10.9. The Kier molecular flexibility index (Phi) is 4.51. The molecule has 0 saturated carbocycles. The van der Waals surface area contributed by atoms with Gasteiger partial charge in [0.25, 0.3) is 0 Å². The molecular formula is C11H21N3S. The minimum absolute atomic E-state index is 0.400. The van der Waals surface area contributed by atoms with Crippen LogP contribution in [0.25, 0.3) is 0 Å². The van der Waals surface area contributed by atoms with Gasteiger partial charge in [0.1, 0.15) is 5.03 Å². The van der Waals surface area contributed by atoms with Crippen LogP contribution in [0, 0.1) is 0 Å². The van der Waals surface area contributed by atoms with Crippen molar-refractivity contribution in [2.75, 3.05) is 11.5 Å². The fourth-order valence-corrected chi connectivity index (χ4v) is 2.57. The lowest BCUT2D eigenvalue weighted by Gasteiger charge is -2.03. The molecule has 0 radical (unpaired) electrons. The number of nitrogen functional groups attached to an aromatic ring is 1. The molecule has 0 fully saturated rings. The number of rotatable bonds is 5. The Morgan fingerprint density at radius 3 is 2.60 bits per heavy atom. The van der Waals surface area contributed by atoms with Crippen LogP contribution in [0.4, 0.5) is 5.69 Å². The largest absolute Gasteiger partial charge is 0.395 e. The Balaban J connectivity index is 2.79. The molecule has 15 heavy (non-hydrogen) atoms. The number of anilines is 1. The van der Waals surface area contributed by atoms with Crippen LogP contribution in [-0.4, -0.2) is 15.5 Å². The van der Waals surface area contributed by atoms with Gasteiger partial charge in [-0.3, -0.25) is 4.68 Å². The molecule has 0 aliphatic rings. The summed E-state index contributed by atoms with van der Waals surface area (Å²) in [5.41, 5.74) is 7.98. The molecular weight excluding hydrogens is 206 g/mol. The van der Waals surface area contributed by atoms with Crippen molar-refractivity contribution in [3.05, 3.63) is 5.69 Å². The highest BCUT2D eigenvalue weighted by Gasteiger charge is 2.15. The van der Waals surface area contributed by atoms with Crippen molar-refractivity contribution in [2.45, 2.75) is 44.6 Å². The summed E-state index contributed by atoms with van der Waals surface area (Å²) < 4.78 is 1.91. The third kappa shape index (κ3) is 2.91. The monoisotopic (exact) mass is 227 g/mol. The second-order valence-electron chi connectivity index (χ2n) is 4.08. The smallest absolute Gasteiger partial charge is 0.117 e. The Morgan fingerprint density at radius 1 is 1.47 bits per heavy atom. The molecule has 0 aliphatic carbocycles. The Labute approximate surface area is 96.4 Å². The van der Waals surface area contributed by atoms with Crippen LogP contribution >= 0.6 is 11.8 Å². The van der Waals surface area contributed by atoms with Gasteiger partial charge in [-0.25, -0.2) is 0 Å². The second kappa shape index (κ2) is 5.45. The molecule has 0 aliphatic heterocycles. The van der Waals surface area contributed by atoms with E-state index in [2.05, 4.69) is 25.9 Å².